The maximum Gasteiger partial charge on any atom is 0.411 e. The number of aliphatic hydroxyl groups excluding tert-OH is 1. The van der Waals surface area contributed by atoms with Crippen molar-refractivity contribution in [3.05, 3.63) is 154 Å². The Labute approximate surface area is 360 Å². The van der Waals surface area contributed by atoms with Gasteiger partial charge in [-0.3, -0.25) is 19.7 Å². The van der Waals surface area contributed by atoms with Gasteiger partial charge >= 0.3 is 6.09 Å². The largest absolute Gasteiger partial charge is 0.506 e. The van der Waals surface area contributed by atoms with Crippen LogP contribution in [0.15, 0.2) is 126 Å². The third-order valence-electron chi connectivity index (χ3n) is 11.3. The zero-order valence-corrected chi connectivity index (χ0v) is 34.9. The maximum absolute atomic E-state index is 13.4. The topological polar surface area (TPSA) is 176 Å². The minimum absolute atomic E-state index is 0.0620. The van der Waals surface area contributed by atoms with E-state index in [1.54, 1.807) is 36.2 Å². The van der Waals surface area contributed by atoms with E-state index in [9.17, 15) is 29.4 Å². The number of hydrogen-bond acceptors (Lipinski definition) is 9. The summed E-state index contributed by atoms with van der Waals surface area (Å²) >= 11 is 0. The Morgan fingerprint density at radius 1 is 0.887 bits per heavy atom. The molecule has 3 amide bonds. The third-order valence-corrected chi connectivity index (χ3v) is 11.3. The molecule has 7 rings (SSSR count). The number of benzene rings is 5. The molecule has 1 aromatic heterocycles. The number of likely N-dealkylation sites (tertiary alicyclic amines) is 1. The predicted octanol–water partition coefficient (Wildman–Crippen LogP) is 7.39. The number of anilines is 3. The van der Waals surface area contributed by atoms with Crippen LogP contribution in [0.3, 0.4) is 0 Å². The van der Waals surface area contributed by atoms with Gasteiger partial charge in [0.2, 0.25) is 11.5 Å². The first-order valence-electron chi connectivity index (χ1n) is 20.9. The Morgan fingerprint density at radius 2 is 1.66 bits per heavy atom. The molecule has 6 aromatic rings. The summed E-state index contributed by atoms with van der Waals surface area (Å²) in [6.45, 7) is 4.69. The number of ether oxygens (including phenoxy) is 1. The van der Waals surface area contributed by atoms with Gasteiger partial charge in [0.05, 0.1) is 17.3 Å². The number of carbonyl (C=O) groups is 3. The van der Waals surface area contributed by atoms with E-state index >= 15 is 0 Å². The van der Waals surface area contributed by atoms with Crippen molar-refractivity contribution in [2.24, 2.45) is 0 Å². The lowest BCUT2D eigenvalue weighted by Crippen LogP contribution is -2.40. The molecule has 5 aromatic carbocycles. The van der Waals surface area contributed by atoms with Gasteiger partial charge in [-0.15, -0.1) is 0 Å². The van der Waals surface area contributed by atoms with Crippen LogP contribution >= 0.6 is 0 Å². The number of para-hydroxylation sites is 1. The van der Waals surface area contributed by atoms with Gasteiger partial charge in [-0.2, -0.15) is 0 Å². The number of hydrogen-bond donors (Lipinski definition) is 6. The van der Waals surface area contributed by atoms with Crippen molar-refractivity contribution in [1.29, 1.82) is 0 Å². The fourth-order valence-corrected chi connectivity index (χ4v) is 7.81. The van der Waals surface area contributed by atoms with Gasteiger partial charge in [0, 0.05) is 73.6 Å². The lowest BCUT2D eigenvalue weighted by molar-refractivity contribution is -0.118. The number of phenols is 1. The molecule has 1 aliphatic rings. The number of aromatic nitrogens is 1. The minimum Gasteiger partial charge on any atom is -0.506 e. The standard InChI is InChI=1S/C49H52N6O7/c1-32-15-16-35(48(60)51-36-12-8-9-33(29-36)21-25-50-31-44(57)39-17-19-43(56)47-40(39)18-20-45(58)53-47)30-42(32)54(2)46(59)24-28-55-26-22-37(23-27-55)62-49(61)52-41-14-7-6-13-38(41)34-10-4-3-5-11-34/h3-20,29-30,37,44,50,56-57H,21-28,31H2,1-2H3,(H,51,60)(H,52,61)(H,53,58)/t44-/m1/s1. The highest BCUT2D eigenvalue weighted by Gasteiger charge is 2.24. The van der Waals surface area contributed by atoms with Gasteiger partial charge in [0.25, 0.3) is 5.91 Å². The van der Waals surface area contributed by atoms with E-state index in [0.717, 1.165) is 22.3 Å². The molecule has 1 atom stereocenters. The highest BCUT2D eigenvalue weighted by molar-refractivity contribution is 6.06. The van der Waals surface area contributed by atoms with E-state index in [0.29, 0.717) is 85.4 Å². The van der Waals surface area contributed by atoms with Gasteiger partial charge < -0.3 is 40.4 Å². The number of pyridine rings is 1. The van der Waals surface area contributed by atoms with Crippen LogP contribution in [0.2, 0.25) is 0 Å². The molecule has 0 saturated carbocycles. The first kappa shape index (κ1) is 43.3. The van der Waals surface area contributed by atoms with Crippen molar-refractivity contribution in [1.82, 2.24) is 15.2 Å². The number of aromatic amines is 1. The van der Waals surface area contributed by atoms with E-state index in [4.69, 9.17) is 4.74 Å². The first-order valence-corrected chi connectivity index (χ1v) is 20.9. The molecule has 0 radical (unpaired) electrons. The van der Waals surface area contributed by atoms with Crippen LogP contribution in [0.4, 0.5) is 21.9 Å². The zero-order valence-electron chi connectivity index (χ0n) is 34.9. The molecular formula is C49H52N6O7. The summed E-state index contributed by atoms with van der Waals surface area (Å²) in [4.78, 5) is 57.9. The maximum atomic E-state index is 13.4. The second kappa shape index (κ2) is 20.2. The number of carbonyl (C=O) groups excluding carboxylic acids is 3. The number of aryl methyl sites for hydroxylation is 1. The fourth-order valence-electron chi connectivity index (χ4n) is 7.81. The van der Waals surface area contributed by atoms with Crippen LogP contribution in [-0.4, -0.2) is 83.9 Å². The van der Waals surface area contributed by atoms with E-state index in [2.05, 4.69) is 25.8 Å². The first-order chi connectivity index (χ1) is 30.0. The molecule has 2 heterocycles. The zero-order chi connectivity index (χ0) is 43.6. The van der Waals surface area contributed by atoms with Crippen LogP contribution in [0.1, 0.15) is 52.4 Å². The molecule has 13 heteroatoms. The van der Waals surface area contributed by atoms with Crippen molar-refractivity contribution in [3.8, 4) is 16.9 Å². The number of fused-ring (bicyclic) bond motifs is 1. The summed E-state index contributed by atoms with van der Waals surface area (Å²) in [6, 6.07) is 36.4. The number of amides is 3. The molecule has 0 unspecified atom stereocenters. The quantitative estimate of drug-likeness (QED) is 0.0576. The molecule has 0 bridgehead atoms. The Bertz CT molecular complexity index is 2590. The van der Waals surface area contributed by atoms with E-state index in [1.165, 1.54) is 12.1 Å². The molecule has 0 spiro atoms. The lowest BCUT2D eigenvalue weighted by atomic mass is 10.0. The molecular weight excluding hydrogens is 785 g/mol. The summed E-state index contributed by atoms with van der Waals surface area (Å²) in [5.41, 5.74) is 6.71. The summed E-state index contributed by atoms with van der Waals surface area (Å²) in [5.74, 6) is -0.428. The Morgan fingerprint density at radius 3 is 2.47 bits per heavy atom. The predicted molar refractivity (Wildman–Crippen MR) is 243 cm³/mol. The average molecular weight is 837 g/mol. The minimum atomic E-state index is -0.870. The van der Waals surface area contributed by atoms with Crippen LogP contribution in [-0.2, 0) is 16.0 Å². The van der Waals surface area contributed by atoms with Gasteiger partial charge in [-0.25, -0.2) is 4.79 Å². The summed E-state index contributed by atoms with van der Waals surface area (Å²) in [7, 11) is 1.73. The Hall–Kier alpha value is -6.80. The number of nitrogens with one attached hydrogen (secondary N) is 4. The SMILES string of the molecule is Cc1ccc(C(=O)Nc2cccc(CCNC[C@@H](O)c3ccc(O)c4[nH]c(=O)ccc34)c2)cc1N(C)C(=O)CCN1CCC(OC(=O)Nc2ccccc2-c2ccccc2)CC1. The normalized spacial score (nSPS) is 13.7. The van der Waals surface area contributed by atoms with E-state index in [1.807, 2.05) is 91.9 Å². The van der Waals surface area contributed by atoms with Gasteiger partial charge in [-0.05, 0) is 97.4 Å². The third kappa shape index (κ3) is 10.9. The Kier molecular flexibility index (Phi) is 14.1. The van der Waals surface area contributed by atoms with Crippen molar-refractivity contribution < 1.29 is 29.3 Å². The summed E-state index contributed by atoms with van der Waals surface area (Å²) in [5, 5.41) is 30.8. The number of rotatable bonds is 15. The Balaban J connectivity index is 0.848. The monoisotopic (exact) mass is 836 g/mol. The highest BCUT2D eigenvalue weighted by Crippen LogP contribution is 2.30. The molecule has 1 aliphatic heterocycles. The summed E-state index contributed by atoms with van der Waals surface area (Å²) < 4.78 is 5.79. The van der Waals surface area contributed by atoms with E-state index in [-0.39, 0.29) is 41.3 Å². The average Bonchev–Trinajstić information content (AvgIpc) is 3.28. The lowest BCUT2D eigenvalue weighted by Gasteiger charge is -2.32. The number of piperidine rings is 1. The molecule has 6 N–H and O–H groups in total. The number of aliphatic hydroxyl groups is 1. The van der Waals surface area contributed by atoms with Crippen molar-refractivity contribution >= 4 is 45.9 Å². The molecule has 13 nitrogen and oxygen atoms in total. The van der Waals surface area contributed by atoms with Crippen LogP contribution < -0.4 is 26.4 Å². The second-order valence-corrected chi connectivity index (χ2v) is 15.6. The van der Waals surface area contributed by atoms with Gasteiger partial charge in [0.15, 0.2) is 0 Å². The smallest absolute Gasteiger partial charge is 0.411 e. The fraction of sp³-hybridized carbons (Fsp3) is 0.265. The second-order valence-electron chi connectivity index (χ2n) is 15.6. The molecule has 1 fully saturated rings. The molecule has 62 heavy (non-hydrogen) atoms. The highest BCUT2D eigenvalue weighted by atomic mass is 16.6. The van der Waals surface area contributed by atoms with Crippen LogP contribution in [0, 0.1) is 6.92 Å². The molecule has 1 saturated heterocycles. The number of aromatic hydroxyl groups is 1. The van der Waals surface area contributed by atoms with E-state index < -0.39 is 12.2 Å². The molecule has 0 aliphatic carbocycles. The van der Waals surface area contributed by atoms with Gasteiger partial charge in [-0.1, -0.05) is 72.8 Å². The molecule has 320 valence electrons. The van der Waals surface area contributed by atoms with Crippen molar-refractivity contribution in [2.45, 2.75) is 44.8 Å². The van der Waals surface area contributed by atoms with Crippen molar-refractivity contribution in [3.63, 3.8) is 0 Å². The van der Waals surface area contributed by atoms with Crippen LogP contribution in [0.5, 0.6) is 5.75 Å². The summed E-state index contributed by atoms with van der Waals surface area (Å²) in [6.07, 6.45) is 0.703. The number of phenolic OH excluding ortho intramolecular Hbond substituents is 1. The van der Waals surface area contributed by atoms with Gasteiger partial charge in [0.1, 0.15) is 11.9 Å². The van der Waals surface area contributed by atoms with Crippen molar-refractivity contribution in [2.75, 3.05) is 55.3 Å². The number of nitrogens with zero attached hydrogens (tertiary/aromatic N) is 2. The van der Waals surface area contributed by atoms with Crippen LogP contribution in [0.25, 0.3) is 22.0 Å². The number of H-pyrrole nitrogens is 1.